The third-order valence-electron chi connectivity index (χ3n) is 7.47. The molecule has 2 atom stereocenters. The van der Waals surface area contributed by atoms with E-state index < -0.39 is 26.2 Å². The highest BCUT2D eigenvalue weighted by Crippen LogP contribution is 2.49. The molecule has 10 heteroatoms. The maximum Gasteiger partial charge on any atom is 0.322 e. The molecule has 1 aliphatic heterocycles. The van der Waals surface area contributed by atoms with Crippen molar-refractivity contribution < 1.29 is 19.1 Å². The molecule has 41 heavy (non-hydrogen) atoms. The molecule has 0 amide bonds. The van der Waals surface area contributed by atoms with Gasteiger partial charge in [-0.2, -0.15) is 0 Å². The van der Waals surface area contributed by atoms with Crippen molar-refractivity contribution >= 4 is 75.0 Å². The molecule has 1 aromatic heterocycles. The van der Waals surface area contributed by atoms with E-state index in [0.29, 0.717) is 13.0 Å². The van der Waals surface area contributed by atoms with Crippen LogP contribution in [0.1, 0.15) is 24.5 Å². The summed E-state index contributed by atoms with van der Waals surface area (Å²) in [5.41, 5.74) is 3.35. The predicted octanol–water partition coefficient (Wildman–Crippen LogP) is 6.81. The van der Waals surface area contributed by atoms with Gasteiger partial charge in [0.2, 0.25) is 5.78 Å². The molecule has 0 aliphatic carbocycles. The van der Waals surface area contributed by atoms with Crippen molar-refractivity contribution in [2.75, 3.05) is 13.4 Å². The van der Waals surface area contributed by atoms with Gasteiger partial charge >= 0.3 is 5.97 Å². The van der Waals surface area contributed by atoms with E-state index in [1.165, 1.54) is 25.8 Å². The maximum atomic E-state index is 13.8. The number of thioether (sulfide) groups is 1. The number of benzene rings is 2. The highest BCUT2D eigenvalue weighted by atomic mass is 35.6. The summed E-state index contributed by atoms with van der Waals surface area (Å²) in [7, 11) is 3.26. The second kappa shape index (κ2) is 12.7. The van der Waals surface area contributed by atoms with Crippen molar-refractivity contribution in [1.82, 2.24) is 9.47 Å². The quantitative estimate of drug-likeness (QED) is 0.180. The molecule has 0 saturated heterocycles. The maximum absolute atomic E-state index is 13.8. The van der Waals surface area contributed by atoms with Gasteiger partial charge in [0.15, 0.2) is 5.78 Å². The highest BCUT2D eigenvalue weighted by Gasteiger charge is 2.54. The number of esters is 1. The number of rotatable bonds is 10. The van der Waals surface area contributed by atoms with Crippen LogP contribution in [0.15, 0.2) is 84.3 Å². The van der Waals surface area contributed by atoms with Crippen LogP contribution in [0.5, 0.6) is 0 Å². The van der Waals surface area contributed by atoms with E-state index in [2.05, 4.69) is 0 Å². The van der Waals surface area contributed by atoms with Crippen molar-refractivity contribution in [1.29, 1.82) is 0 Å². The number of allylic oxidation sites excluding steroid dienone is 2. The average molecular weight is 634 g/mol. The fourth-order valence-corrected chi connectivity index (χ4v) is 6.91. The summed E-state index contributed by atoms with van der Waals surface area (Å²) in [6, 6.07) is 17.6. The summed E-state index contributed by atoms with van der Waals surface area (Å²) >= 11 is 19.7. The first kappa shape index (κ1) is 31.2. The van der Waals surface area contributed by atoms with Crippen LogP contribution < -0.4 is 0 Å². The summed E-state index contributed by atoms with van der Waals surface area (Å²) in [5, 5.41) is 1.06. The third-order valence-corrected chi connectivity index (χ3v) is 9.32. The van der Waals surface area contributed by atoms with E-state index >= 15 is 0 Å². The lowest BCUT2D eigenvalue weighted by Crippen LogP contribution is -2.50. The second-order valence-corrected chi connectivity index (χ2v) is 13.4. The number of nitrogens with zero attached hydrogens (tertiary/aromatic N) is 2. The van der Waals surface area contributed by atoms with E-state index in [1.54, 1.807) is 23.6 Å². The number of fused-ring (bicyclic) bond motifs is 1. The monoisotopic (exact) mass is 632 g/mol. The molecule has 0 saturated carbocycles. The van der Waals surface area contributed by atoms with Crippen LogP contribution in [0.25, 0.3) is 10.9 Å². The van der Waals surface area contributed by atoms with Crippen LogP contribution in [0.3, 0.4) is 0 Å². The number of hydrogen-bond donors (Lipinski definition) is 0. The zero-order chi connectivity index (χ0) is 29.9. The van der Waals surface area contributed by atoms with Crippen molar-refractivity contribution in [3.8, 4) is 0 Å². The zero-order valence-electron chi connectivity index (χ0n) is 23.2. The number of aryl methyl sites for hydroxylation is 2. The van der Waals surface area contributed by atoms with Gasteiger partial charge in [-0.25, -0.2) is 0 Å². The third kappa shape index (κ3) is 6.38. The molecule has 1 aliphatic rings. The standard InChI is InChI=1S/C31H31Cl3N2O4S/c1-20(37)24-18-36(16-21-10-6-5-7-11-21)19-25(28(38)31(32,33)34)27(24)30(41-4,29(39)40-3)15-14-22-17-35(2)26-13-9-8-12-23(22)26/h5-13,17-19,27H,14-16H2,1-4H3. The highest BCUT2D eigenvalue weighted by molar-refractivity contribution is 8.00. The Morgan fingerprint density at radius 3 is 2.22 bits per heavy atom. The van der Waals surface area contributed by atoms with Gasteiger partial charge in [0.05, 0.1) is 7.11 Å². The smallest absolute Gasteiger partial charge is 0.322 e. The van der Waals surface area contributed by atoms with Crippen LogP contribution in [0.2, 0.25) is 0 Å². The average Bonchev–Trinajstić information content (AvgIpc) is 3.28. The second-order valence-electron chi connectivity index (χ2n) is 10.0. The molecule has 2 heterocycles. The van der Waals surface area contributed by atoms with Gasteiger partial charge in [-0.05, 0) is 43.2 Å². The van der Waals surface area contributed by atoms with Gasteiger partial charge in [-0.3, -0.25) is 14.4 Å². The first-order valence-electron chi connectivity index (χ1n) is 12.9. The zero-order valence-corrected chi connectivity index (χ0v) is 26.3. The topological polar surface area (TPSA) is 68.6 Å². The van der Waals surface area contributed by atoms with Crippen LogP contribution in [0.4, 0.5) is 0 Å². The number of alkyl halides is 3. The van der Waals surface area contributed by atoms with E-state index in [9.17, 15) is 14.4 Å². The van der Waals surface area contributed by atoms with Gasteiger partial charge in [-0.15, -0.1) is 11.8 Å². The molecule has 3 aromatic rings. The van der Waals surface area contributed by atoms with E-state index in [-0.39, 0.29) is 23.4 Å². The normalized spacial score (nSPS) is 17.0. The fraction of sp³-hybridized carbons (Fsp3) is 0.323. The molecular weight excluding hydrogens is 603 g/mol. The van der Waals surface area contributed by atoms with Crippen molar-refractivity contribution in [3.05, 3.63) is 95.5 Å². The van der Waals surface area contributed by atoms with Crippen molar-refractivity contribution in [2.45, 2.75) is 34.8 Å². The number of carbonyl (C=O) groups excluding carboxylic acids is 3. The Bertz CT molecular complexity index is 1530. The number of ether oxygens (including phenoxy) is 1. The lowest BCUT2D eigenvalue weighted by atomic mass is 9.73. The lowest BCUT2D eigenvalue weighted by Gasteiger charge is -2.42. The number of para-hydroxylation sites is 1. The van der Waals surface area contributed by atoms with Gasteiger partial charge in [-0.1, -0.05) is 83.3 Å². The fourth-order valence-electron chi connectivity index (χ4n) is 5.53. The van der Waals surface area contributed by atoms with Crippen LogP contribution >= 0.6 is 46.6 Å². The molecular formula is C31H31Cl3N2O4S. The number of halogens is 3. The van der Waals surface area contributed by atoms with Gasteiger partial charge in [0.1, 0.15) is 4.75 Å². The first-order chi connectivity index (χ1) is 19.4. The summed E-state index contributed by atoms with van der Waals surface area (Å²) in [6.45, 7) is 1.77. The Kier molecular flexibility index (Phi) is 9.64. The Morgan fingerprint density at radius 1 is 0.976 bits per heavy atom. The molecule has 0 N–H and O–H groups in total. The van der Waals surface area contributed by atoms with E-state index in [4.69, 9.17) is 39.5 Å². The molecule has 0 fully saturated rings. The number of Topliss-reactive ketones (excluding diaryl/α,β-unsaturated/α-hetero) is 2. The molecule has 4 rings (SSSR count). The van der Waals surface area contributed by atoms with Crippen LogP contribution in [0, 0.1) is 5.92 Å². The van der Waals surface area contributed by atoms with Crippen LogP contribution in [-0.2, 0) is 39.1 Å². The number of carbonyl (C=O) groups is 3. The molecule has 0 spiro atoms. The minimum absolute atomic E-state index is 0.0614. The van der Waals surface area contributed by atoms with Crippen LogP contribution in [-0.4, -0.2) is 48.9 Å². The Hall–Kier alpha value is -2.71. The largest absolute Gasteiger partial charge is 0.468 e. The van der Waals surface area contributed by atoms with Gasteiger partial charge < -0.3 is 14.2 Å². The van der Waals surface area contributed by atoms with Gasteiger partial charge in [0.25, 0.3) is 3.79 Å². The summed E-state index contributed by atoms with van der Waals surface area (Å²) in [6.07, 6.45) is 7.79. The first-order valence-corrected chi connectivity index (χ1v) is 15.3. The molecule has 2 unspecified atom stereocenters. The molecule has 0 bridgehead atoms. The number of ketones is 2. The molecule has 216 valence electrons. The SMILES string of the molecule is COC(=O)C(CCc1cn(C)c2ccccc12)(SC)C1C(C(C)=O)=CN(Cc2ccccc2)C=C1C(=O)C(Cl)(Cl)Cl. The Morgan fingerprint density at radius 2 is 1.61 bits per heavy atom. The molecule has 0 radical (unpaired) electrons. The summed E-state index contributed by atoms with van der Waals surface area (Å²) < 4.78 is 3.70. The van der Waals surface area contributed by atoms with Crippen molar-refractivity contribution in [3.63, 3.8) is 0 Å². The lowest BCUT2D eigenvalue weighted by molar-refractivity contribution is -0.144. The number of hydrogen-bond acceptors (Lipinski definition) is 6. The Balaban J connectivity index is 1.86. The minimum Gasteiger partial charge on any atom is -0.468 e. The number of aromatic nitrogens is 1. The summed E-state index contributed by atoms with van der Waals surface area (Å²) in [5.74, 6) is -2.69. The molecule has 6 nitrogen and oxygen atoms in total. The predicted molar refractivity (Wildman–Crippen MR) is 167 cm³/mol. The molecule has 2 aromatic carbocycles. The summed E-state index contributed by atoms with van der Waals surface area (Å²) in [4.78, 5) is 42.5. The van der Waals surface area contributed by atoms with E-state index in [0.717, 1.165) is 22.0 Å². The minimum atomic E-state index is -2.31. The van der Waals surface area contributed by atoms with E-state index in [1.807, 2.05) is 72.4 Å². The Labute approximate surface area is 259 Å². The van der Waals surface area contributed by atoms with Crippen molar-refractivity contribution in [2.24, 2.45) is 13.0 Å². The number of methoxy groups -OCH3 is 1. The van der Waals surface area contributed by atoms with Gasteiger partial charge in [0, 0.05) is 60.2 Å².